The summed E-state index contributed by atoms with van der Waals surface area (Å²) >= 11 is 0. The number of nitrogens with two attached hydrogens (primary N) is 1. The third-order valence-electron chi connectivity index (χ3n) is 11.0. The van der Waals surface area contributed by atoms with Gasteiger partial charge in [-0.15, -0.1) is 10.2 Å². The molecule has 7 rings (SSSR count). The van der Waals surface area contributed by atoms with Crippen LogP contribution in [0.3, 0.4) is 0 Å². The zero-order chi connectivity index (χ0) is 46.1. The van der Waals surface area contributed by atoms with Crippen LogP contribution in [-0.4, -0.2) is 130 Å². The summed E-state index contributed by atoms with van der Waals surface area (Å²) in [5.41, 5.74) is 7.38. The lowest BCUT2D eigenvalue weighted by molar-refractivity contribution is -0.136. The number of carbonyl (C=O) groups excluding carboxylic acids is 6. The molecule has 21 heteroatoms. The highest BCUT2D eigenvalue weighted by atomic mass is 16.6. The van der Waals surface area contributed by atoms with Crippen molar-refractivity contribution in [3.63, 3.8) is 0 Å². The summed E-state index contributed by atoms with van der Waals surface area (Å²) in [5, 5.41) is 23.9. The van der Waals surface area contributed by atoms with Crippen LogP contribution in [0.4, 0.5) is 27.9 Å². The number of nitrogens with zero attached hydrogens (tertiary/aromatic N) is 5. The van der Waals surface area contributed by atoms with Gasteiger partial charge in [-0.25, -0.2) is 4.79 Å². The van der Waals surface area contributed by atoms with Gasteiger partial charge in [-0.1, -0.05) is 25.0 Å². The smallest absolute Gasteiger partial charge is 0.407 e. The Bertz CT molecular complexity index is 2420. The Morgan fingerprint density at radius 2 is 1.55 bits per heavy atom. The van der Waals surface area contributed by atoms with Crippen LogP contribution in [0.1, 0.15) is 90.5 Å². The number of rotatable bonds is 20. The summed E-state index contributed by atoms with van der Waals surface area (Å²) in [6, 6.07) is 11.1. The normalized spacial score (nSPS) is 18.6. The van der Waals surface area contributed by atoms with E-state index in [4.69, 9.17) is 24.7 Å². The second kappa shape index (κ2) is 20.9. The first kappa shape index (κ1) is 46.3. The van der Waals surface area contributed by atoms with Crippen molar-refractivity contribution >= 4 is 69.7 Å². The number of carbonyl (C=O) groups is 6. The van der Waals surface area contributed by atoms with Gasteiger partial charge in [0.25, 0.3) is 17.7 Å². The van der Waals surface area contributed by atoms with Gasteiger partial charge in [0, 0.05) is 48.5 Å². The molecule has 2 aromatic heterocycles. The van der Waals surface area contributed by atoms with E-state index in [-0.39, 0.29) is 53.5 Å². The molecule has 1 saturated heterocycles. The van der Waals surface area contributed by atoms with Crippen molar-refractivity contribution in [2.45, 2.75) is 89.6 Å². The van der Waals surface area contributed by atoms with Crippen LogP contribution in [0.5, 0.6) is 0 Å². The number of amides is 6. The highest BCUT2D eigenvalue weighted by Gasteiger charge is 2.45. The number of hydrogen-bond donors (Lipinski definition) is 6. The Morgan fingerprint density at radius 1 is 0.846 bits per heavy atom. The van der Waals surface area contributed by atoms with Gasteiger partial charge in [0.05, 0.1) is 62.3 Å². The van der Waals surface area contributed by atoms with Crippen LogP contribution in [0, 0.1) is 0 Å². The Kier molecular flexibility index (Phi) is 14.9. The Morgan fingerprint density at radius 3 is 2.29 bits per heavy atom. The molecule has 1 saturated carbocycles. The van der Waals surface area contributed by atoms with Gasteiger partial charge >= 0.3 is 6.09 Å². The van der Waals surface area contributed by atoms with E-state index in [0.29, 0.717) is 64.1 Å². The number of hydrogen-bond acceptors (Lipinski definition) is 16. The lowest BCUT2D eigenvalue weighted by Gasteiger charge is -2.33. The third-order valence-corrected chi connectivity index (χ3v) is 11.0. The fraction of sp³-hybridized carbons (Fsp3) is 0.477. The number of imide groups is 2. The highest BCUT2D eigenvalue weighted by molar-refractivity contribution is 6.25. The molecule has 0 bridgehead atoms. The predicted molar refractivity (Wildman–Crippen MR) is 237 cm³/mol. The number of alkyl carbamates (subject to hydrolysis) is 1. The predicted octanol–water partition coefficient (Wildman–Crippen LogP) is 3.48. The number of nitrogens with one attached hydrogen (secondary N) is 5. The summed E-state index contributed by atoms with van der Waals surface area (Å²) in [5.74, 6) is -2.69. The van der Waals surface area contributed by atoms with Gasteiger partial charge in [-0.05, 0) is 70.4 Å². The molecule has 346 valence electrons. The molecule has 2 aromatic carbocycles. The number of piperidine rings is 1. The highest BCUT2D eigenvalue weighted by Crippen LogP contribution is 2.33. The van der Waals surface area contributed by atoms with Crippen LogP contribution in [0.25, 0.3) is 10.9 Å². The number of anilines is 4. The van der Waals surface area contributed by atoms with Crippen LogP contribution in [0.2, 0.25) is 0 Å². The molecule has 1 unspecified atom stereocenters. The van der Waals surface area contributed by atoms with E-state index >= 15 is 0 Å². The maximum Gasteiger partial charge on any atom is 0.407 e. The minimum absolute atomic E-state index is 0.0499. The fourth-order valence-corrected chi connectivity index (χ4v) is 8.02. The molecule has 2 fully saturated rings. The summed E-state index contributed by atoms with van der Waals surface area (Å²) in [6.07, 6.45) is 4.99. The minimum Gasteiger partial charge on any atom is -0.444 e. The molecule has 0 spiro atoms. The van der Waals surface area contributed by atoms with E-state index in [0.717, 1.165) is 41.5 Å². The maximum absolute atomic E-state index is 13.3. The van der Waals surface area contributed by atoms with Gasteiger partial charge in [-0.3, -0.25) is 34.2 Å². The standard InChI is InChI=1S/C44H55N11O10/c1-44(2,3)65-43(61)49-30-10-5-4-9-29(30)48-42-51-38(36(37(45)57)52-53-42)47-28-11-7-13-32-26(28)16-18-54(32)19-21-63-23-25-64-24-22-62-20-17-46-31-12-6-8-27-35(31)41(60)55(40(27)59)33-14-15-34(56)50-39(33)58/h6-8,11-13,16,18,29-30,33,46H,4-5,9-10,14-15,17,19-25H2,1-3H3,(H2,45,57)(H,49,61)(H,50,56,58)(H2,47,48,51,53)/t29-,30+,33?/m1/s1. The second-order valence-corrected chi connectivity index (χ2v) is 16.8. The van der Waals surface area contributed by atoms with E-state index in [1.165, 1.54) is 0 Å². The quantitative estimate of drug-likeness (QED) is 0.0547. The molecule has 6 amide bonds. The number of primary amides is 1. The number of fused-ring (bicyclic) bond motifs is 2. The molecule has 1 aliphatic carbocycles. The van der Waals surface area contributed by atoms with Gasteiger partial charge < -0.3 is 50.5 Å². The first-order chi connectivity index (χ1) is 31.3. The van der Waals surface area contributed by atoms with E-state index in [9.17, 15) is 28.8 Å². The Balaban J connectivity index is 0.822. The van der Waals surface area contributed by atoms with Crippen molar-refractivity contribution in [2.24, 2.45) is 5.73 Å². The number of benzene rings is 2. The molecular formula is C44H55N11O10. The van der Waals surface area contributed by atoms with Crippen LogP contribution < -0.4 is 32.3 Å². The molecule has 0 radical (unpaired) electrons. The average Bonchev–Trinajstić information content (AvgIpc) is 3.79. The summed E-state index contributed by atoms with van der Waals surface area (Å²) < 4.78 is 24.7. The summed E-state index contributed by atoms with van der Waals surface area (Å²) in [6.45, 7) is 8.52. The van der Waals surface area contributed by atoms with Gasteiger partial charge in [0.2, 0.25) is 17.8 Å². The third kappa shape index (κ3) is 11.5. The first-order valence-corrected chi connectivity index (χ1v) is 21.7. The van der Waals surface area contributed by atoms with Crippen LogP contribution >= 0.6 is 0 Å². The van der Waals surface area contributed by atoms with Crippen molar-refractivity contribution in [3.05, 3.63) is 65.5 Å². The van der Waals surface area contributed by atoms with Crippen molar-refractivity contribution in [2.75, 3.05) is 62.1 Å². The van der Waals surface area contributed by atoms with Crippen LogP contribution in [-0.2, 0) is 35.1 Å². The zero-order valence-corrected chi connectivity index (χ0v) is 36.6. The molecule has 2 aliphatic heterocycles. The van der Waals surface area contributed by atoms with E-state index < -0.39 is 47.3 Å². The fourth-order valence-electron chi connectivity index (χ4n) is 8.02. The van der Waals surface area contributed by atoms with Crippen molar-refractivity contribution < 1.29 is 47.7 Å². The Labute approximate surface area is 374 Å². The van der Waals surface area contributed by atoms with E-state index in [1.54, 1.807) is 18.2 Å². The zero-order valence-electron chi connectivity index (χ0n) is 36.6. The maximum atomic E-state index is 13.3. The van der Waals surface area contributed by atoms with Crippen molar-refractivity contribution in [1.82, 2.24) is 35.3 Å². The van der Waals surface area contributed by atoms with Crippen molar-refractivity contribution in [3.8, 4) is 0 Å². The molecule has 7 N–H and O–H groups in total. The lowest BCUT2D eigenvalue weighted by atomic mass is 9.90. The molecule has 3 aliphatic rings. The summed E-state index contributed by atoms with van der Waals surface area (Å²) in [4.78, 5) is 80.8. The average molecular weight is 898 g/mol. The second-order valence-electron chi connectivity index (χ2n) is 16.8. The number of ether oxygens (including phenoxy) is 4. The van der Waals surface area contributed by atoms with Gasteiger partial charge in [0.15, 0.2) is 11.5 Å². The first-order valence-electron chi connectivity index (χ1n) is 21.7. The SMILES string of the molecule is CC(C)(C)OC(=O)N[C@H]1CCCC[C@H]1Nc1nnc(C(N)=O)c(Nc2cccc3c2ccn3CCOCCOCCOCCNc2cccc3c2C(=O)N(C2CCC(=O)NC2=O)C3=O)n1. The number of aromatic nitrogens is 4. The molecule has 65 heavy (non-hydrogen) atoms. The molecule has 4 aromatic rings. The summed E-state index contributed by atoms with van der Waals surface area (Å²) in [7, 11) is 0. The van der Waals surface area contributed by atoms with E-state index in [2.05, 4.69) is 46.3 Å². The van der Waals surface area contributed by atoms with Crippen molar-refractivity contribution in [1.29, 1.82) is 0 Å². The topological polar surface area (TPSA) is 272 Å². The minimum atomic E-state index is -1.03. The molecule has 21 nitrogen and oxygen atoms in total. The largest absolute Gasteiger partial charge is 0.444 e. The lowest BCUT2D eigenvalue weighted by Crippen LogP contribution is -2.54. The monoisotopic (exact) mass is 897 g/mol. The van der Waals surface area contributed by atoms with Gasteiger partial charge in [-0.2, -0.15) is 4.98 Å². The van der Waals surface area contributed by atoms with E-state index in [1.807, 2.05) is 51.2 Å². The van der Waals surface area contributed by atoms with Crippen LogP contribution in [0.15, 0.2) is 48.7 Å². The molecule has 4 heterocycles. The van der Waals surface area contributed by atoms with Gasteiger partial charge in [0.1, 0.15) is 11.6 Å². The molecule has 3 atom stereocenters. The Hall–Kier alpha value is -6.71. The molecular weight excluding hydrogens is 843 g/mol.